The summed E-state index contributed by atoms with van der Waals surface area (Å²) in [5.74, 6) is -1.48. The van der Waals surface area contributed by atoms with E-state index in [1.165, 1.54) is 18.6 Å². The van der Waals surface area contributed by atoms with Crippen LogP contribution < -0.4 is 5.32 Å². The highest BCUT2D eigenvalue weighted by molar-refractivity contribution is 5.91. The van der Waals surface area contributed by atoms with E-state index in [1.807, 2.05) is 0 Å². The average Bonchev–Trinajstić information content (AvgIpc) is 2.67. The van der Waals surface area contributed by atoms with Crippen molar-refractivity contribution in [2.24, 2.45) is 0 Å². The third kappa shape index (κ3) is 4.50. The van der Waals surface area contributed by atoms with Gasteiger partial charge in [-0.15, -0.1) is 0 Å². The highest BCUT2D eigenvalue weighted by Crippen LogP contribution is 1.99. The molecular weight excluding hydrogens is 222 g/mol. The molecule has 6 heteroatoms. The molecule has 0 radical (unpaired) electrons. The summed E-state index contributed by atoms with van der Waals surface area (Å²) < 4.78 is 0. The molecule has 0 saturated heterocycles. The van der Waals surface area contributed by atoms with Gasteiger partial charge in [-0.2, -0.15) is 0 Å². The van der Waals surface area contributed by atoms with Crippen molar-refractivity contribution in [1.82, 2.24) is 15.3 Å². The number of rotatable bonds is 5. The molecule has 3 N–H and O–H groups in total. The van der Waals surface area contributed by atoms with Crippen molar-refractivity contribution in [2.45, 2.75) is 26.3 Å². The number of aromatic nitrogens is 2. The van der Waals surface area contributed by atoms with Crippen LogP contribution in [0.3, 0.4) is 0 Å². The molecule has 0 saturated carbocycles. The van der Waals surface area contributed by atoms with Gasteiger partial charge in [0.1, 0.15) is 6.04 Å². The summed E-state index contributed by atoms with van der Waals surface area (Å²) >= 11 is 0. The van der Waals surface area contributed by atoms with Crippen molar-refractivity contribution in [3.05, 3.63) is 29.9 Å². The molecule has 92 valence electrons. The predicted molar refractivity (Wildman–Crippen MR) is 61.3 cm³/mol. The van der Waals surface area contributed by atoms with E-state index in [1.54, 1.807) is 13.8 Å². The van der Waals surface area contributed by atoms with Gasteiger partial charge in [0.25, 0.3) is 0 Å². The summed E-state index contributed by atoms with van der Waals surface area (Å²) in [6.45, 7) is 3.54. The van der Waals surface area contributed by atoms with Gasteiger partial charge in [0.05, 0.1) is 6.33 Å². The Morgan fingerprint density at radius 2 is 2.29 bits per heavy atom. The van der Waals surface area contributed by atoms with E-state index in [0.717, 1.165) is 5.57 Å². The van der Waals surface area contributed by atoms with Crippen LogP contribution in [-0.4, -0.2) is 33.0 Å². The number of carboxylic acids is 1. The first kappa shape index (κ1) is 13.0. The Labute approximate surface area is 98.8 Å². The summed E-state index contributed by atoms with van der Waals surface area (Å²) in [5, 5.41) is 11.4. The lowest BCUT2D eigenvalue weighted by atomic mass is 10.1. The fraction of sp³-hybridized carbons (Fsp3) is 0.364. The Morgan fingerprint density at radius 3 is 2.76 bits per heavy atom. The van der Waals surface area contributed by atoms with Gasteiger partial charge in [-0.25, -0.2) is 9.78 Å². The summed E-state index contributed by atoms with van der Waals surface area (Å²) in [4.78, 5) is 29.0. The monoisotopic (exact) mass is 237 g/mol. The number of nitrogens with zero attached hydrogens (tertiary/aromatic N) is 1. The van der Waals surface area contributed by atoms with Crippen molar-refractivity contribution in [1.29, 1.82) is 0 Å². The first-order chi connectivity index (χ1) is 7.99. The fourth-order valence-electron chi connectivity index (χ4n) is 1.29. The molecule has 1 aromatic heterocycles. The minimum absolute atomic E-state index is 0.178. The van der Waals surface area contributed by atoms with E-state index in [9.17, 15) is 9.59 Å². The molecule has 0 aliphatic rings. The topological polar surface area (TPSA) is 95.1 Å². The smallest absolute Gasteiger partial charge is 0.326 e. The van der Waals surface area contributed by atoms with Crippen molar-refractivity contribution >= 4 is 11.9 Å². The molecule has 0 aliphatic heterocycles. The molecule has 1 heterocycles. The van der Waals surface area contributed by atoms with Gasteiger partial charge in [0.15, 0.2) is 0 Å². The van der Waals surface area contributed by atoms with Crippen molar-refractivity contribution < 1.29 is 14.7 Å². The molecule has 0 fully saturated rings. The van der Waals surface area contributed by atoms with E-state index in [0.29, 0.717) is 5.69 Å². The lowest BCUT2D eigenvalue weighted by Crippen LogP contribution is -2.41. The van der Waals surface area contributed by atoms with E-state index in [-0.39, 0.29) is 6.42 Å². The molecular formula is C11H15N3O3. The zero-order chi connectivity index (χ0) is 12.8. The number of aromatic amines is 1. The van der Waals surface area contributed by atoms with Crippen molar-refractivity contribution in [3.63, 3.8) is 0 Å². The molecule has 0 aromatic carbocycles. The first-order valence-electron chi connectivity index (χ1n) is 5.14. The molecule has 1 aromatic rings. The standard InChI is InChI=1S/C11H15N3O3/c1-7(2)3-10(15)14-9(11(16)17)4-8-5-12-6-13-8/h3,5-6,9H,4H2,1-2H3,(H,12,13)(H,14,15)(H,16,17). The van der Waals surface area contributed by atoms with Crippen LogP contribution in [0.4, 0.5) is 0 Å². The third-order valence-electron chi connectivity index (χ3n) is 2.01. The van der Waals surface area contributed by atoms with Gasteiger partial charge >= 0.3 is 5.97 Å². The molecule has 0 aliphatic carbocycles. The highest BCUT2D eigenvalue weighted by Gasteiger charge is 2.19. The molecule has 6 nitrogen and oxygen atoms in total. The van der Waals surface area contributed by atoms with E-state index in [2.05, 4.69) is 15.3 Å². The number of carboxylic acid groups (broad SMARTS) is 1. The lowest BCUT2D eigenvalue weighted by Gasteiger charge is -2.12. The third-order valence-corrected chi connectivity index (χ3v) is 2.01. The van der Waals surface area contributed by atoms with Gasteiger partial charge in [-0.05, 0) is 13.8 Å². The van der Waals surface area contributed by atoms with Gasteiger partial charge in [0, 0.05) is 24.4 Å². The second-order valence-corrected chi connectivity index (χ2v) is 3.90. The molecule has 17 heavy (non-hydrogen) atoms. The Morgan fingerprint density at radius 1 is 1.59 bits per heavy atom. The van der Waals surface area contributed by atoms with E-state index >= 15 is 0 Å². The predicted octanol–water partition coefficient (Wildman–Crippen LogP) is 0.488. The van der Waals surface area contributed by atoms with Gasteiger partial charge < -0.3 is 15.4 Å². The number of carbonyl (C=O) groups excluding carboxylic acids is 1. The van der Waals surface area contributed by atoms with Crippen LogP contribution in [-0.2, 0) is 16.0 Å². The Hall–Kier alpha value is -2.11. The summed E-state index contributed by atoms with van der Waals surface area (Å²) in [7, 11) is 0. The second kappa shape index (κ2) is 5.83. The molecule has 1 amide bonds. The molecule has 0 bridgehead atoms. The number of amides is 1. The number of allylic oxidation sites excluding steroid dienone is 1. The zero-order valence-electron chi connectivity index (χ0n) is 9.73. The van der Waals surface area contributed by atoms with Crippen molar-refractivity contribution in [2.75, 3.05) is 0 Å². The van der Waals surface area contributed by atoms with Crippen LogP contribution in [0.25, 0.3) is 0 Å². The molecule has 1 rings (SSSR count). The first-order valence-corrected chi connectivity index (χ1v) is 5.14. The fourth-order valence-corrected chi connectivity index (χ4v) is 1.29. The van der Waals surface area contributed by atoms with Crippen LogP contribution in [0.5, 0.6) is 0 Å². The minimum atomic E-state index is -1.07. The minimum Gasteiger partial charge on any atom is -0.480 e. The quantitative estimate of drug-likeness (QED) is 0.649. The summed E-state index contributed by atoms with van der Waals surface area (Å²) in [6.07, 6.45) is 4.54. The number of aliphatic carboxylic acids is 1. The number of carbonyl (C=O) groups is 2. The maximum Gasteiger partial charge on any atom is 0.326 e. The molecule has 0 spiro atoms. The lowest BCUT2D eigenvalue weighted by molar-refractivity contribution is -0.141. The Balaban J connectivity index is 2.64. The highest BCUT2D eigenvalue weighted by atomic mass is 16.4. The van der Waals surface area contributed by atoms with E-state index < -0.39 is 17.9 Å². The average molecular weight is 237 g/mol. The van der Waals surface area contributed by atoms with Crippen LogP contribution in [0, 0.1) is 0 Å². The van der Waals surface area contributed by atoms with Gasteiger partial charge in [0.2, 0.25) is 5.91 Å². The van der Waals surface area contributed by atoms with Crippen LogP contribution in [0.2, 0.25) is 0 Å². The van der Waals surface area contributed by atoms with Gasteiger partial charge in [-0.3, -0.25) is 4.79 Å². The normalized spacial score (nSPS) is 11.6. The number of nitrogens with one attached hydrogen (secondary N) is 2. The van der Waals surface area contributed by atoms with E-state index in [4.69, 9.17) is 5.11 Å². The number of hydrogen-bond donors (Lipinski definition) is 3. The van der Waals surface area contributed by atoms with Crippen molar-refractivity contribution in [3.8, 4) is 0 Å². The van der Waals surface area contributed by atoms with Crippen LogP contribution >= 0.6 is 0 Å². The number of hydrogen-bond acceptors (Lipinski definition) is 3. The maximum atomic E-state index is 11.4. The molecule has 1 atom stereocenters. The SMILES string of the molecule is CC(C)=CC(=O)NC(Cc1cnc[nH]1)C(=O)O. The largest absolute Gasteiger partial charge is 0.480 e. The summed E-state index contributed by atoms with van der Waals surface area (Å²) in [6, 6.07) is -0.960. The zero-order valence-corrected chi connectivity index (χ0v) is 9.73. The van der Waals surface area contributed by atoms with Gasteiger partial charge in [-0.1, -0.05) is 5.57 Å². The Bertz CT molecular complexity index is 419. The maximum absolute atomic E-state index is 11.4. The van der Waals surface area contributed by atoms with Crippen LogP contribution in [0.1, 0.15) is 19.5 Å². The molecule has 1 unspecified atom stereocenters. The number of H-pyrrole nitrogens is 1. The Kier molecular flexibility index (Phi) is 4.45. The number of imidazole rings is 1. The van der Waals surface area contributed by atoms with Crippen LogP contribution in [0.15, 0.2) is 24.2 Å². The second-order valence-electron chi connectivity index (χ2n) is 3.90. The summed E-state index contributed by atoms with van der Waals surface area (Å²) in [5.41, 5.74) is 1.48.